The van der Waals surface area contributed by atoms with Crippen molar-refractivity contribution in [2.24, 2.45) is 0 Å². The number of rotatable bonds is 5. The van der Waals surface area contributed by atoms with Gasteiger partial charge in [-0.2, -0.15) is 0 Å². The first kappa shape index (κ1) is 22.1. The number of nitrogens with zero attached hydrogens (tertiary/aromatic N) is 1. The maximum Gasteiger partial charge on any atom is 0.410 e. The predicted octanol–water partition coefficient (Wildman–Crippen LogP) is 7.26. The van der Waals surface area contributed by atoms with Gasteiger partial charge in [0.1, 0.15) is 12.4 Å². The van der Waals surface area contributed by atoms with E-state index in [-0.39, 0.29) is 29.9 Å². The Hall–Kier alpha value is -3.40. The van der Waals surface area contributed by atoms with Gasteiger partial charge < -0.3 is 4.74 Å². The van der Waals surface area contributed by atoms with Crippen LogP contribution in [0.25, 0.3) is 11.1 Å². The van der Waals surface area contributed by atoms with Crippen LogP contribution in [0.15, 0.2) is 84.4 Å². The molecule has 0 N–H and O–H groups in total. The minimum Gasteiger partial charge on any atom is -0.448 e. The van der Waals surface area contributed by atoms with Gasteiger partial charge >= 0.3 is 6.09 Å². The van der Waals surface area contributed by atoms with Gasteiger partial charge in [0.25, 0.3) is 0 Å². The highest BCUT2D eigenvalue weighted by Crippen LogP contribution is 2.45. The van der Waals surface area contributed by atoms with Crippen LogP contribution in [-0.2, 0) is 11.2 Å². The van der Waals surface area contributed by atoms with Gasteiger partial charge in [0.05, 0.1) is 6.04 Å². The molecule has 1 saturated heterocycles. The van der Waals surface area contributed by atoms with Crippen molar-refractivity contribution in [1.82, 2.24) is 4.90 Å². The van der Waals surface area contributed by atoms with Gasteiger partial charge in [-0.05, 0) is 78.5 Å². The van der Waals surface area contributed by atoms with Crippen LogP contribution in [-0.4, -0.2) is 29.7 Å². The third-order valence-electron chi connectivity index (χ3n) is 7.91. The van der Waals surface area contributed by atoms with Crippen molar-refractivity contribution in [1.29, 1.82) is 0 Å². The highest BCUT2D eigenvalue weighted by molar-refractivity contribution is 5.79. The summed E-state index contributed by atoms with van der Waals surface area (Å²) in [5.74, 6) is -0.114. The molecular weight excluding hydrogens is 437 g/mol. The van der Waals surface area contributed by atoms with Crippen molar-refractivity contribution >= 4 is 6.09 Å². The van der Waals surface area contributed by atoms with Gasteiger partial charge in [-0.25, -0.2) is 9.18 Å². The molecule has 2 atom stereocenters. The second kappa shape index (κ2) is 9.33. The molecule has 3 aromatic rings. The van der Waals surface area contributed by atoms with E-state index in [1.807, 2.05) is 17.0 Å². The van der Waals surface area contributed by atoms with Crippen LogP contribution < -0.4 is 0 Å². The molecule has 0 aromatic heterocycles. The molecule has 6 rings (SSSR count). The van der Waals surface area contributed by atoms with Crippen molar-refractivity contribution in [2.75, 3.05) is 6.61 Å². The summed E-state index contributed by atoms with van der Waals surface area (Å²) in [6.07, 6.45) is 8.02. The molecule has 0 saturated carbocycles. The predicted molar refractivity (Wildman–Crippen MR) is 136 cm³/mol. The summed E-state index contributed by atoms with van der Waals surface area (Å²) < 4.78 is 19.2. The zero-order valence-electron chi connectivity index (χ0n) is 19.8. The number of fused-ring (bicyclic) bond motifs is 5. The Kier molecular flexibility index (Phi) is 5.89. The fourth-order valence-corrected chi connectivity index (χ4v) is 6.21. The quantitative estimate of drug-likeness (QED) is 0.370. The monoisotopic (exact) mass is 467 g/mol. The minimum absolute atomic E-state index is 0.0813. The largest absolute Gasteiger partial charge is 0.448 e. The van der Waals surface area contributed by atoms with Crippen molar-refractivity contribution in [3.8, 4) is 11.1 Å². The molecule has 1 amide bonds. The van der Waals surface area contributed by atoms with Gasteiger partial charge in [-0.3, -0.25) is 4.90 Å². The third kappa shape index (κ3) is 4.27. The fraction of sp³-hybridized carbons (Fsp3) is 0.323. The van der Waals surface area contributed by atoms with E-state index in [0.29, 0.717) is 6.61 Å². The maximum absolute atomic E-state index is 13.3. The summed E-state index contributed by atoms with van der Waals surface area (Å²) in [5.41, 5.74) is 7.52. The number of carbonyl (C=O) groups excluding carboxylic acids is 1. The van der Waals surface area contributed by atoms with Crippen molar-refractivity contribution < 1.29 is 13.9 Å². The molecule has 178 valence electrons. The fourth-order valence-electron chi connectivity index (χ4n) is 6.21. The van der Waals surface area contributed by atoms with E-state index in [1.165, 1.54) is 40.0 Å². The number of carbonyl (C=O) groups is 1. The molecular formula is C31H30FNO2. The first-order valence-electron chi connectivity index (χ1n) is 12.7. The van der Waals surface area contributed by atoms with Crippen molar-refractivity contribution in [2.45, 2.75) is 56.5 Å². The minimum atomic E-state index is -0.195. The molecule has 3 aromatic carbocycles. The standard InChI is InChI=1S/C31H30FNO2/c32-23-16-14-21(15-17-23)12-13-22-18-24-6-5-7-25(19-22)33(24)31(34)35-20-30-28-10-3-1-8-26(28)27-9-2-4-11-29(27)30/h1-4,8-11,14-18,24-25,30H,5-7,12-13,19-20H2. The van der Waals surface area contributed by atoms with Crippen LogP contribution in [0.2, 0.25) is 0 Å². The SMILES string of the molecule is O=C(OCC1c2ccccc2-c2ccccc21)N1C2C=C(CCc3ccc(F)cc3)CC1CCC2. The number of aryl methyl sites for hydroxylation is 1. The summed E-state index contributed by atoms with van der Waals surface area (Å²) in [6.45, 7) is 0.365. The Labute approximate surface area is 206 Å². The second-order valence-corrected chi connectivity index (χ2v) is 10.0. The molecule has 2 bridgehead atoms. The van der Waals surface area contributed by atoms with E-state index >= 15 is 0 Å². The maximum atomic E-state index is 13.3. The molecule has 35 heavy (non-hydrogen) atoms. The number of ether oxygens (including phenoxy) is 1. The van der Waals surface area contributed by atoms with Crippen molar-refractivity contribution in [3.63, 3.8) is 0 Å². The lowest BCUT2D eigenvalue weighted by Gasteiger charge is -2.44. The normalized spacial score (nSPS) is 20.7. The van der Waals surface area contributed by atoms with E-state index in [4.69, 9.17) is 4.74 Å². The molecule has 2 unspecified atom stereocenters. The molecule has 0 spiro atoms. The highest BCUT2D eigenvalue weighted by atomic mass is 19.1. The van der Waals surface area contributed by atoms with E-state index in [9.17, 15) is 9.18 Å². The van der Waals surface area contributed by atoms with Crippen LogP contribution in [0.5, 0.6) is 0 Å². The number of piperidine rings is 1. The molecule has 3 nitrogen and oxygen atoms in total. The van der Waals surface area contributed by atoms with E-state index in [2.05, 4.69) is 54.6 Å². The number of hydrogen-bond acceptors (Lipinski definition) is 2. The smallest absolute Gasteiger partial charge is 0.410 e. The lowest BCUT2D eigenvalue weighted by Crippen LogP contribution is -2.52. The van der Waals surface area contributed by atoms with Crippen LogP contribution in [0, 0.1) is 5.82 Å². The van der Waals surface area contributed by atoms with Crippen LogP contribution >= 0.6 is 0 Å². The summed E-state index contributed by atoms with van der Waals surface area (Å²) in [5, 5.41) is 0. The lowest BCUT2D eigenvalue weighted by atomic mass is 9.83. The lowest BCUT2D eigenvalue weighted by molar-refractivity contribution is 0.0507. The summed E-state index contributed by atoms with van der Waals surface area (Å²) in [6, 6.07) is 24.0. The van der Waals surface area contributed by atoms with Gasteiger partial charge in [0.15, 0.2) is 0 Å². The number of amides is 1. The Morgan fingerprint density at radius 3 is 2.26 bits per heavy atom. The molecule has 0 radical (unpaired) electrons. The van der Waals surface area contributed by atoms with E-state index < -0.39 is 0 Å². The Morgan fingerprint density at radius 1 is 0.886 bits per heavy atom. The Balaban J connectivity index is 1.14. The second-order valence-electron chi connectivity index (χ2n) is 10.0. The molecule has 4 heteroatoms. The van der Waals surface area contributed by atoms with Gasteiger partial charge in [0, 0.05) is 12.0 Å². The summed E-state index contributed by atoms with van der Waals surface area (Å²) in [4.78, 5) is 15.3. The molecule has 3 aliphatic rings. The number of hydrogen-bond donors (Lipinski definition) is 0. The van der Waals surface area contributed by atoms with Crippen LogP contribution in [0.4, 0.5) is 9.18 Å². The van der Waals surface area contributed by atoms with Crippen LogP contribution in [0.1, 0.15) is 54.7 Å². The molecule has 1 aliphatic carbocycles. The van der Waals surface area contributed by atoms with Gasteiger partial charge in [0.2, 0.25) is 0 Å². The number of benzene rings is 3. The zero-order valence-corrected chi connectivity index (χ0v) is 19.8. The van der Waals surface area contributed by atoms with Crippen LogP contribution in [0.3, 0.4) is 0 Å². The third-order valence-corrected chi connectivity index (χ3v) is 7.91. The summed E-state index contributed by atoms with van der Waals surface area (Å²) >= 11 is 0. The van der Waals surface area contributed by atoms with Gasteiger partial charge in [-0.1, -0.05) is 72.3 Å². The molecule has 1 fully saturated rings. The molecule has 2 heterocycles. The average Bonchev–Trinajstić information content (AvgIpc) is 3.20. The highest BCUT2D eigenvalue weighted by Gasteiger charge is 2.38. The summed E-state index contributed by atoms with van der Waals surface area (Å²) in [7, 11) is 0. The average molecular weight is 468 g/mol. The Morgan fingerprint density at radius 2 is 1.57 bits per heavy atom. The van der Waals surface area contributed by atoms with E-state index in [0.717, 1.165) is 44.1 Å². The molecule has 2 aliphatic heterocycles. The topological polar surface area (TPSA) is 29.5 Å². The van der Waals surface area contributed by atoms with Crippen molar-refractivity contribution in [3.05, 3.63) is 107 Å². The Bertz CT molecular complexity index is 1220. The van der Waals surface area contributed by atoms with Gasteiger partial charge in [-0.15, -0.1) is 0 Å². The first-order valence-corrected chi connectivity index (χ1v) is 12.7. The zero-order chi connectivity index (χ0) is 23.8. The first-order chi connectivity index (χ1) is 17.2. The van der Waals surface area contributed by atoms with E-state index in [1.54, 1.807) is 0 Å². The number of halogens is 1.